The molecule has 27 heavy (non-hydrogen) atoms. The third kappa shape index (κ3) is 4.72. The van der Waals surface area contributed by atoms with Crippen molar-refractivity contribution in [3.63, 3.8) is 0 Å². The average Bonchev–Trinajstić information content (AvgIpc) is 3.14. The second kappa shape index (κ2) is 8.78. The smallest absolute Gasteiger partial charge is 0.251 e. The highest BCUT2D eigenvalue weighted by atomic mass is 32.2. The number of aromatic amines is 1. The number of rotatable bonds is 7. The number of hydrogen-bond donors (Lipinski definition) is 2. The van der Waals surface area contributed by atoms with Gasteiger partial charge in [-0.2, -0.15) is 0 Å². The lowest BCUT2D eigenvalue weighted by atomic mass is 10.2. The van der Waals surface area contributed by atoms with Gasteiger partial charge in [-0.1, -0.05) is 42.2 Å². The number of ether oxygens (including phenoxy) is 1. The van der Waals surface area contributed by atoms with Gasteiger partial charge in [0.1, 0.15) is 5.75 Å². The van der Waals surface area contributed by atoms with Gasteiger partial charge in [-0.25, -0.2) is 4.98 Å². The highest BCUT2D eigenvalue weighted by Crippen LogP contribution is 2.33. The van der Waals surface area contributed by atoms with E-state index < -0.39 is 5.25 Å². The zero-order valence-corrected chi connectivity index (χ0v) is 16.3. The van der Waals surface area contributed by atoms with Gasteiger partial charge < -0.3 is 9.72 Å². The molecule has 1 atom stereocenters. The first-order chi connectivity index (χ1) is 13.1. The third-order valence-electron chi connectivity index (χ3n) is 3.56. The highest BCUT2D eigenvalue weighted by Gasteiger charge is 2.21. The lowest BCUT2D eigenvalue weighted by molar-refractivity contribution is -0.115. The van der Waals surface area contributed by atoms with Gasteiger partial charge >= 0.3 is 0 Å². The van der Waals surface area contributed by atoms with Crippen molar-refractivity contribution in [2.24, 2.45) is 0 Å². The van der Waals surface area contributed by atoms with Crippen molar-refractivity contribution in [1.82, 2.24) is 20.2 Å². The quantitative estimate of drug-likeness (QED) is 0.461. The first-order valence-corrected chi connectivity index (χ1v) is 9.80. The number of amides is 1. The summed E-state index contributed by atoms with van der Waals surface area (Å²) >= 11 is 2.46. The average molecular weight is 403 g/mol. The number of aromatic nitrogens is 4. The van der Waals surface area contributed by atoms with E-state index in [4.69, 9.17) is 4.74 Å². The van der Waals surface area contributed by atoms with E-state index in [1.54, 1.807) is 7.11 Å². The summed E-state index contributed by atoms with van der Waals surface area (Å²) in [4.78, 5) is 30.6. The van der Waals surface area contributed by atoms with E-state index in [1.807, 2.05) is 31.2 Å². The molecular weight excluding hydrogens is 386 g/mol. The van der Waals surface area contributed by atoms with E-state index in [1.165, 1.54) is 35.4 Å². The minimum atomic E-state index is -0.422. The van der Waals surface area contributed by atoms with Crippen LogP contribution in [0.1, 0.15) is 13.3 Å². The van der Waals surface area contributed by atoms with Crippen LogP contribution in [0.25, 0.3) is 10.6 Å². The van der Waals surface area contributed by atoms with E-state index in [-0.39, 0.29) is 11.5 Å². The summed E-state index contributed by atoms with van der Waals surface area (Å²) in [5, 5.41) is 12.0. The number of carbonyl (C=O) groups is 1. The summed E-state index contributed by atoms with van der Waals surface area (Å²) in [6.07, 6.45) is 1.98. The van der Waals surface area contributed by atoms with Gasteiger partial charge in [0, 0.05) is 12.3 Å². The second-order valence-corrected chi connectivity index (χ2v) is 7.52. The number of para-hydroxylation sites is 1. The number of benzene rings is 1. The number of anilines is 1. The standard InChI is InChI=1S/C17H17N5O3S2/c1-3-12(26-16-18-9-8-13(23)19-16)14(24)20-17-22-21-15(27-17)10-6-4-5-7-11(10)25-2/h4-9,12H,3H2,1-2H3,(H,18,19,23)(H,20,22,24). The van der Waals surface area contributed by atoms with Crippen LogP contribution < -0.4 is 15.6 Å². The molecule has 10 heteroatoms. The monoisotopic (exact) mass is 403 g/mol. The van der Waals surface area contributed by atoms with Crippen molar-refractivity contribution in [3.05, 3.63) is 46.9 Å². The van der Waals surface area contributed by atoms with Gasteiger partial charge in [-0.3, -0.25) is 14.9 Å². The first kappa shape index (κ1) is 19.1. The van der Waals surface area contributed by atoms with Crippen LogP contribution in [-0.2, 0) is 4.79 Å². The molecule has 2 N–H and O–H groups in total. The van der Waals surface area contributed by atoms with Gasteiger partial charge in [0.15, 0.2) is 10.2 Å². The summed E-state index contributed by atoms with van der Waals surface area (Å²) in [6, 6.07) is 8.80. The molecule has 3 rings (SSSR count). The second-order valence-electron chi connectivity index (χ2n) is 5.36. The van der Waals surface area contributed by atoms with Crippen LogP contribution >= 0.6 is 23.1 Å². The van der Waals surface area contributed by atoms with Crippen molar-refractivity contribution in [3.8, 4) is 16.3 Å². The predicted octanol–water partition coefficient (Wildman–Crippen LogP) is 2.81. The van der Waals surface area contributed by atoms with Gasteiger partial charge in [-0.15, -0.1) is 10.2 Å². The van der Waals surface area contributed by atoms with Crippen molar-refractivity contribution < 1.29 is 9.53 Å². The van der Waals surface area contributed by atoms with E-state index in [0.29, 0.717) is 27.5 Å². The summed E-state index contributed by atoms with van der Waals surface area (Å²) in [5.41, 5.74) is 0.554. The lowest BCUT2D eigenvalue weighted by Gasteiger charge is -2.12. The van der Waals surface area contributed by atoms with E-state index >= 15 is 0 Å². The first-order valence-electron chi connectivity index (χ1n) is 8.10. The molecule has 0 fully saturated rings. The van der Waals surface area contributed by atoms with Gasteiger partial charge in [0.25, 0.3) is 5.56 Å². The number of carbonyl (C=O) groups excluding carboxylic acids is 1. The summed E-state index contributed by atoms with van der Waals surface area (Å²) < 4.78 is 5.33. The summed E-state index contributed by atoms with van der Waals surface area (Å²) in [5.74, 6) is 0.462. The van der Waals surface area contributed by atoms with Gasteiger partial charge in [-0.05, 0) is 18.6 Å². The van der Waals surface area contributed by atoms with E-state index in [0.717, 1.165) is 5.56 Å². The molecule has 3 aromatic rings. The lowest BCUT2D eigenvalue weighted by Crippen LogP contribution is -2.25. The molecule has 0 aliphatic heterocycles. The molecule has 0 aliphatic carbocycles. The Hall–Kier alpha value is -2.72. The maximum atomic E-state index is 12.6. The largest absolute Gasteiger partial charge is 0.496 e. The zero-order valence-electron chi connectivity index (χ0n) is 14.6. The van der Waals surface area contributed by atoms with Crippen LogP contribution in [0.15, 0.2) is 46.5 Å². The maximum absolute atomic E-state index is 12.6. The van der Waals surface area contributed by atoms with Crippen molar-refractivity contribution in [2.75, 3.05) is 12.4 Å². The normalized spacial score (nSPS) is 11.8. The molecule has 0 saturated heterocycles. The zero-order chi connectivity index (χ0) is 19.2. The van der Waals surface area contributed by atoms with E-state index in [2.05, 4.69) is 25.5 Å². The summed E-state index contributed by atoms with van der Waals surface area (Å²) in [6.45, 7) is 1.89. The van der Waals surface area contributed by atoms with Crippen LogP contribution in [0.5, 0.6) is 5.75 Å². The van der Waals surface area contributed by atoms with E-state index in [9.17, 15) is 9.59 Å². The molecule has 8 nitrogen and oxygen atoms in total. The number of hydrogen-bond acceptors (Lipinski definition) is 8. The molecule has 1 unspecified atom stereocenters. The Labute approximate surface area is 163 Å². The highest BCUT2D eigenvalue weighted by molar-refractivity contribution is 8.00. The van der Waals surface area contributed by atoms with Gasteiger partial charge in [0.05, 0.1) is 17.9 Å². The van der Waals surface area contributed by atoms with Crippen LogP contribution in [0.3, 0.4) is 0 Å². The minimum absolute atomic E-state index is 0.225. The van der Waals surface area contributed by atoms with Crippen LogP contribution in [0.4, 0.5) is 5.13 Å². The topological polar surface area (TPSA) is 110 Å². The molecule has 0 spiro atoms. The number of nitrogens with zero attached hydrogens (tertiary/aromatic N) is 3. The van der Waals surface area contributed by atoms with Gasteiger partial charge in [0.2, 0.25) is 11.0 Å². The minimum Gasteiger partial charge on any atom is -0.496 e. The number of thioether (sulfide) groups is 1. The Morgan fingerprint density at radius 3 is 2.89 bits per heavy atom. The number of H-pyrrole nitrogens is 1. The Kier molecular flexibility index (Phi) is 6.20. The maximum Gasteiger partial charge on any atom is 0.251 e. The van der Waals surface area contributed by atoms with Crippen LogP contribution in [-0.4, -0.2) is 38.4 Å². The van der Waals surface area contributed by atoms with Crippen molar-refractivity contribution in [1.29, 1.82) is 0 Å². The van der Waals surface area contributed by atoms with Crippen LogP contribution in [0, 0.1) is 0 Å². The summed E-state index contributed by atoms with van der Waals surface area (Å²) in [7, 11) is 1.59. The molecular formula is C17H17N5O3S2. The molecule has 2 aromatic heterocycles. The molecule has 0 aliphatic rings. The molecule has 0 saturated carbocycles. The Morgan fingerprint density at radius 2 is 2.15 bits per heavy atom. The SMILES string of the molecule is CCC(Sc1nccc(=O)[nH]1)C(=O)Nc1nnc(-c2ccccc2OC)s1. The van der Waals surface area contributed by atoms with Crippen molar-refractivity contribution >= 4 is 34.1 Å². The fraction of sp³-hybridized carbons (Fsp3) is 0.235. The molecule has 2 heterocycles. The fourth-order valence-corrected chi connectivity index (χ4v) is 3.92. The van der Waals surface area contributed by atoms with Crippen LogP contribution in [0.2, 0.25) is 0 Å². The molecule has 0 radical (unpaired) electrons. The molecule has 140 valence electrons. The Bertz CT molecular complexity index is 988. The number of nitrogens with one attached hydrogen (secondary N) is 2. The molecule has 0 bridgehead atoms. The molecule has 1 amide bonds. The predicted molar refractivity (Wildman–Crippen MR) is 105 cm³/mol. The fourth-order valence-electron chi connectivity index (χ4n) is 2.26. The Balaban J connectivity index is 1.72. The molecule has 1 aromatic carbocycles. The van der Waals surface area contributed by atoms with Crippen molar-refractivity contribution in [2.45, 2.75) is 23.8 Å². The Morgan fingerprint density at radius 1 is 1.33 bits per heavy atom. The number of methoxy groups -OCH3 is 1. The third-order valence-corrected chi connectivity index (χ3v) is 5.69.